The fraction of sp³-hybridized carbons (Fsp3) is 0.333. The lowest BCUT2D eigenvalue weighted by Crippen LogP contribution is -2.35. The molecule has 22 heavy (non-hydrogen) atoms. The minimum atomic E-state index is -0.347. The first-order valence-electron chi connectivity index (χ1n) is 6.79. The van der Waals surface area contributed by atoms with Crippen LogP contribution >= 0.6 is 11.3 Å². The Kier molecular flexibility index (Phi) is 5.60. The molecule has 2 rings (SSSR count). The van der Waals surface area contributed by atoms with Crippen molar-refractivity contribution < 1.29 is 14.3 Å². The molecule has 2 heterocycles. The minimum absolute atomic E-state index is 0.153. The SMILES string of the molecule is COC(=O)CC(C)NC(=O)Cc1csc(-c2cccnc2)n1. The summed E-state index contributed by atoms with van der Waals surface area (Å²) in [5, 5.41) is 5.44. The Hall–Kier alpha value is -2.28. The first-order chi connectivity index (χ1) is 10.6. The summed E-state index contributed by atoms with van der Waals surface area (Å²) in [6.45, 7) is 1.76. The number of pyridine rings is 1. The number of hydrogen-bond donors (Lipinski definition) is 1. The molecule has 7 heteroatoms. The normalized spacial score (nSPS) is 11.7. The zero-order valence-electron chi connectivity index (χ0n) is 12.4. The van der Waals surface area contributed by atoms with Crippen molar-refractivity contribution in [1.29, 1.82) is 0 Å². The lowest BCUT2D eigenvalue weighted by Gasteiger charge is -2.11. The quantitative estimate of drug-likeness (QED) is 0.821. The summed E-state index contributed by atoms with van der Waals surface area (Å²) in [6, 6.07) is 3.50. The van der Waals surface area contributed by atoms with E-state index < -0.39 is 0 Å². The fourth-order valence-electron chi connectivity index (χ4n) is 1.88. The second kappa shape index (κ2) is 7.65. The van der Waals surface area contributed by atoms with Crippen LogP contribution in [0.1, 0.15) is 19.0 Å². The second-order valence-corrected chi connectivity index (χ2v) is 5.67. The maximum atomic E-state index is 11.9. The van der Waals surface area contributed by atoms with Crippen LogP contribution in [0.5, 0.6) is 0 Å². The van der Waals surface area contributed by atoms with Gasteiger partial charge in [-0.05, 0) is 19.1 Å². The van der Waals surface area contributed by atoms with Crippen LogP contribution in [0.25, 0.3) is 10.6 Å². The molecule has 116 valence electrons. The van der Waals surface area contributed by atoms with E-state index >= 15 is 0 Å². The standard InChI is InChI=1S/C15H17N3O3S/c1-10(6-14(20)21-2)17-13(19)7-12-9-22-15(18-12)11-4-3-5-16-8-11/h3-5,8-10H,6-7H2,1-2H3,(H,17,19). The van der Waals surface area contributed by atoms with Gasteiger partial charge in [-0.2, -0.15) is 0 Å². The van der Waals surface area contributed by atoms with E-state index in [9.17, 15) is 9.59 Å². The van der Waals surface area contributed by atoms with Crippen LogP contribution in [-0.2, 0) is 20.7 Å². The molecule has 0 aliphatic carbocycles. The molecule has 0 saturated heterocycles. The van der Waals surface area contributed by atoms with Gasteiger partial charge in [0.25, 0.3) is 0 Å². The zero-order chi connectivity index (χ0) is 15.9. The Morgan fingerprint density at radius 2 is 2.27 bits per heavy atom. The molecule has 1 N–H and O–H groups in total. The number of nitrogens with zero attached hydrogens (tertiary/aromatic N) is 2. The number of carbonyl (C=O) groups excluding carboxylic acids is 2. The number of carbonyl (C=O) groups is 2. The van der Waals surface area contributed by atoms with Crippen molar-refractivity contribution >= 4 is 23.2 Å². The lowest BCUT2D eigenvalue weighted by atomic mass is 10.2. The van der Waals surface area contributed by atoms with Gasteiger partial charge in [-0.25, -0.2) is 4.98 Å². The number of esters is 1. The van der Waals surface area contributed by atoms with E-state index in [1.165, 1.54) is 18.4 Å². The van der Waals surface area contributed by atoms with Gasteiger partial charge in [0, 0.05) is 29.4 Å². The van der Waals surface area contributed by atoms with E-state index in [1.54, 1.807) is 19.3 Å². The molecule has 1 amide bonds. The summed E-state index contributed by atoms with van der Waals surface area (Å²) in [5.41, 5.74) is 1.63. The molecule has 0 aromatic carbocycles. The average Bonchev–Trinajstić information content (AvgIpc) is 2.96. The number of nitrogens with one attached hydrogen (secondary N) is 1. The van der Waals surface area contributed by atoms with Gasteiger partial charge < -0.3 is 10.1 Å². The third-order valence-corrected chi connectivity index (χ3v) is 3.85. The molecular formula is C15H17N3O3S. The Balaban J connectivity index is 1.90. The first-order valence-corrected chi connectivity index (χ1v) is 7.67. The Morgan fingerprint density at radius 1 is 1.45 bits per heavy atom. The lowest BCUT2D eigenvalue weighted by molar-refractivity contribution is -0.141. The third-order valence-electron chi connectivity index (χ3n) is 2.91. The Bertz CT molecular complexity index is 642. The molecule has 0 aliphatic heterocycles. The number of aromatic nitrogens is 2. The van der Waals surface area contributed by atoms with Crippen molar-refractivity contribution in [3.8, 4) is 10.6 Å². The van der Waals surface area contributed by atoms with Gasteiger partial charge in [0.1, 0.15) is 5.01 Å². The van der Waals surface area contributed by atoms with Gasteiger partial charge in [-0.3, -0.25) is 14.6 Å². The van der Waals surface area contributed by atoms with E-state index in [2.05, 4.69) is 20.0 Å². The molecular weight excluding hydrogens is 302 g/mol. The number of thiazole rings is 1. The van der Waals surface area contributed by atoms with E-state index in [0.29, 0.717) is 5.69 Å². The van der Waals surface area contributed by atoms with Crippen LogP contribution in [-0.4, -0.2) is 35.0 Å². The molecule has 0 fully saturated rings. The van der Waals surface area contributed by atoms with Crippen molar-refractivity contribution in [2.45, 2.75) is 25.8 Å². The van der Waals surface area contributed by atoms with Crippen LogP contribution < -0.4 is 5.32 Å². The summed E-state index contributed by atoms with van der Waals surface area (Å²) >= 11 is 1.47. The molecule has 0 aliphatic rings. The van der Waals surface area contributed by atoms with Crippen LogP contribution in [0, 0.1) is 0 Å². The van der Waals surface area contributed by atoms with Crippen molar-refractivity contribution in [3.63, 3.8) is 0 Å². The molecule has 6 nitrogen and oxygen atoms in total. The summed E-state index contributed by atoms with van der Waals surface area (Å²) in [5.74, 6) is -0.514. The Labute approximate surface area is 132 Å². The topological polar surface area (TPSA) is 81.2 Å². The molecule has 0 saturated carbocycles. The number of amides is 1. The van der Waals surface area contributed by atoms with Gasteiger partial charge in [0.2, 0.25) is 5.91 Å². The summed E-state index contributed by atoms with van der Waals surface area (Å²) < 4.78 is 4.57. The number of ether oxygens (including phenoxy) is 1. The molecule has 1 atom stereocenters. The largest absolute Gasteiger partial charge is 0.469 e. The highest BCUT2D eigenvalue weighted by molar-refractivity contribution is 7.13. The average molecular weight is 319 g/mol. The Morgan fingerprint density at radius 3 is 2.95 bits per heavy atom. The van der Waals surface area contributed by atoms with E-state index in [4.69, 9.17) is 0 Å². The molecule has 1 unspecified atom stereocenters. The predicted octanol–water partition coefficient (Wildman–Crippen LogP) is 1.82. The highest BCUT2D eigenvalue weighted by Crippen LogP contribution is 2.22. The molecule has 0 radical (unpaired) electrons. The van der Waals surface area contributed by atoms with Gasteiger partial charge in [0.05, 0.1) is 25.6 Å². The summed E-state index contributed by atoms with van der Waals surface area (Å²) in [7, 11) is 1.33. The fourth-order valence-corrected chi connectivity index (χ4v) is 2.70. The second-order valence-electron chi connectivity index (χ2n) is 4.81. The molecule has 0 bridgehead atoms. The van der Waals surface area contributed by atoms with Gasteiger partial charge in [-0.15, -0.1) is 11.3 Å². The number of methoxy groups -OCH3 is 1. The van der Waals surface area contributed by atoms with Crippen molar-refractivity contribution in [3.05, 3.63) is 35.6 Å². The van der Waals surface area contributed by atoms with E-state index in [0.717, 1.165) is 10.6 Å². The van der Waals surface area contributed by atoms with Crippen LogP contribution in [0.2, 0.25) is 0 Å². The summed E-state index contributed by atoms with van der Waals surface area (Å²) in [4.78, 5) is 31.5. The van der Waals surface area contributed by atoms with Crippen molar-refractivity contribution in [1.82, 2.24) is 15.3 Å². The van der Waals surface area contributed by atoms with E-state index in [-0.39, 0.29) is 30.8 Å². The van der Waals surface area contributed by atoms with Crippen molar-refractivity contribution in [2.24, 2.45) is 0 Å². The van der Waals surface area contributed by atoms with Gasteiger partial charge >= 0.3 is 5.97 Å². The monoisotopic (exact) mass is 319 g/mol. The maximum absolute atomic E-state index is 11.9. The summed E-state index contributed by atoms with van der Waals surface area (Å²) in [6.07, 6.45) is 3.78. The van der Waals surface area contributed by atoms with Crippen molar-refractivity contribution in [2.75, 3.05) is 7.11 Å². The third kappa shape index (κ3) is 4.63. The number of rotatable bonds is 6. The molecule has 2 aromatic rings. The molecule has 2 aromatic heterocycles. The highest BCUT2D eigenvalue weighted by Gasteiger charge is 2.14. The zero-order valence-corrected chi connectivity index (χ0v) is 13.2. The molecule has 0 spiro atoms. The first kappa shape index (κ1) is 16.1. The van der Waals surface area contributed by atoms with Crippen LogP contribution in [0.15, 0.2) is 29.9 Å². The minimum Gasteiger partial charge on any atom is -0.469 e. The van der Waals surface area contributed by atoms with Crippen LogP contribution in [0.3, 0.4) is 0 Å². The predicted molar refractivity (Wildman–Crippen MR) is 83.3 cm³/mol. The number of hydrogen-bond acceptors (Lipinski definition) is 6. The highest BCUT2D eigenvalue weighted by atomic mass is 32.1. The van der Waals surface area contributed by atoms with Gasteiger partial charge in [-0.1, -0.05) is 0 Å². The smallest absolute Gasteiger partial charge is 0.307 e. The van der Waals surface area contributed by atoms with E-state index in [1.807, 2.05) is 17.5 Å². The maximum Gasteiger partial charge on any atom is 0.307 e. The van der Waals surface area contributed by atoms with Gasteiger partial charge in [0.15, 0.2) is 0 Å². The van der Waals surface area contributed by atoms with Crippen LogP contribution in [0.4, 0.5) is 0 Å².